The number of nitrogens with zero attached hydrogens (tertiary/aromatic N) is 1. The molecule has 6 heteroatoms. The van der Waals surface area contributed by atoms with Crippen LogP contribution in [0.5, 0.6) is 5.75 Å². The number of sulfonamides is 1. The summed E-state index contributed by atoms with van der Waals surface area (Å²) in [4.78, 5) is 0.194. The van der Waals surface area contributed by atoms with E-state index in [2.05, 4.69) is 0 Å². The molecule has 0 saturated heterocycles. The number of nitrogen functional groups attached to an aromatic ring is 1. The van der Waals surface area contributed by atoms with Gasteiger partial charge in [0.2, 0.25) is 10.0 Å². The molecule has 2 N–H and O–H groups in total. The van der Waals surface area contributed by atoms with Gasteiger partial charge in [-0.15, -0.1) is 0 Å². The Morgan fingerprint density at radius 2 is 2.06 bits per heavy atom. The first-order valence-corrected chi connectivity index (χ1v) is 7.27. The number of ether oxygens (including phenoxy) is 1. The van der Waals surface area contributed by atoms with E-state index in [1.54, 1.807) is 13.1 Å². The molecular formula is C12H20N2O3S. The van der Waals surface area contributed by atoms with E-state index in [4.69, 9.17) is 10.5 Å². The van der Waals surface area contributed by atoms with Crippen LogP contribution in [-0.4, -0.2) is 33.4 Å². The monoisotopic (exact) mass is 272 g/mol. The van der Waals surface area contributed by atoms with E-state index in [1.165, 1.54) is 23.5 Å². The van der Waals surface area contributed by atoms with Crippen molar-refractivity contribution in [1.82, 2.24) is 4.31 Å². The predicted octanol–water partition coefficient (Wildman–Crippen LogP) is 1.70. The van der Waals surface area contributed by atoms with Crippen LogP contribution in [0.3, 0.4) is 0 Å². The van der Waals surface area contributed by atoms with Crippen LogP contribution < -0.4 is 10.5 Å². The summed E-state index contributed by atoms with van der Waals surface area (Å²) in [6.07, 6.45) is 1.78. The molecule has 0 aliphatic carbocycles. The number of anilines is 1. The van der Waals surface area contributed by atoms with E-state index < -0.39 is 10.0 Å². The minimum absolute atomic E-state index is 0.194. The zero-order chi connectivity index (χ0) is 13.8. The molecule has 18 heavy (non-hydrogen) atoms. The third-order valence-corrected chi connectivity index (χ3v) is 4.59. The summed E-state index contributed by atoms with van der Waals surface area (Å²) in [5, 5.41) is 0. The van der Waals surface area contributed by atoms with Gasteiger partial charge in [-0.05, 0) is 24.6 Å². The smallest absolute Gasteiger partial charge is 0.242 e. The van der Waals surface area contributed by atoms with Gasteiger partial charge in [-0.2, -0.15) is 0 Å². The van der Waals surface area contributed by atoms with Crippen molar-refractivity contribution < 1.29 is 13.2 Å². The van der Waals surface area contributed by atoms with Gasteiger partial charge in [-0.25, -0.2) is 12.7 Å². The van der Waals surface area contributed by atoms with Crippen LogP contribution in [0, 0.1) is 0 Å². The molecule has 0 amide bonds. The van der Waals surface area contributed by atoms with E-state index in [0.717, 1.165) is 12.8 Å². The molecule has 0 heterocycles. The maximum Gasteiger partial charge on any atom is 0.242 e. The fourth-order valence-electron chi connectivity index (χ4n) is 1.55. The Hall–Kier alpha value is -1.27. The number of nitrogens with two attached hydrogens (primary N) is 1. The lowest BCUT2D eigenvalue weighted by Gasteiger charge is -2.17. The summed E-state index contributed by atoms with van der Waals surface area (Å²) >= 11 is 0. The van der Waals surface area contributed by atoms with Crippen LogP contribution in [-0.2, 0) is 10.0 Å². The van der Waals surface area contributed by atoms with Crippen molar-refractivity contribution in [3.63, 3.8) is 0 Å². The maximum atomic E-state index is 12.2. The van der Waals surface area contributed by atoms with Crippen LogP contribution >= 0.6 is 0 Å². The normalized spacial score (nSPS) is 11.8. The third kappa shape index (κ3) is 3.14. The van der Waals surface area contributed by atoms with Gasteiger partial charge < -0.3 is 10.5 Å². The Kier molecular flexibility index (Phi) is 4.98. The van der Waals surface area contributed by atoms with Gasteiger partial charge in [0.25, 0.3) is 0 Å². The highest BCUT2D eigenvalue weighted by atomic mass is 32.2. The number of unbranched alkanes of at least 4 members (excludes halogenated alkanes) is 1. The molecule has 0 radical (unpaired) electrons. The lowest BCUT2D eigenvalue weighted by Crippen LogP contribution is -2.28. The molecule has 0 aliphatic rings. The molecule has 0 spiro atoms. The van der Waals surface area contributed by atoms with E-state index in [1.807, 2.05) is 6.92 Å². The van der Waals surface area contributed by atoms with Gasteiger partial charge in [0.05, 0.1) is 17.7 Å². The lowest BCUT2D eigenvalue weighted by molar-refractivity contribution is 0.416. The van der Waals surface area contributed by atoms with E-state index in [9.17, 15) is 8.42 Å². The average molecular weight is 272 g/mol. The Labute approximate surface area is 109 Å². The van der Waals surface area contributed by atoms with Crippen molar-refractivity contribution in [2.45, 2.75) is 24.7 Å². The average Bonchev–Trinajstić information content (AvgIpc) is 2.35. The minimum atomic E-state index is -3.46. The van der Waals surface area contributed by atoms with Crippen molar-refractivity contribution in [3.8, 4) is 5.75 Å². The van der Waals surface area contributed by atoms with Crippen molar-refractivity contribution in [2.24, 2.45) is 0 Å². The van der Waals surface area contributed by atoms with Crippen LogP contribution in [0.25, 0.3) is 0 Å². The molecular weight excluding hydrogens is 252 g/mol. The fraction of sp³-hybridized carbons (Fsp3) is 0.500. The van der Waals surface area contributed by atoms with E-state index in [0.29, 0.717) is 18.0 Å². The molecule has 0 saturated carbocycles. The quantitative estimate of drug-likeness (QED) is 0.800. The summed E-state index contributed by atoms with van der Waals surface area (Å²) < 4.78 is 30.8. The highest BCUT2D eigenvalue weighted by molar-refractivity contribution is 7.89. The second-order valence-electron chi connectivity index (χ2n) is 4.08. The lowest BCUT2D eigenvalue weighted by atomic mass is 10.3. The first kappa shape index (κ1) is 14.8. The Morgan fingerprint density at radius 3 is 2.56 bits per heavy atom. The van der Waals surface area contributed by atoms with Gasteiger partial charge in [0.15, 0.2) is 0 Å². The number of rotatable bonds is 6. The summed E-state index contributed by atoms with van der Waals surface area (Å²) in [6.45, 7) is 2.52. The van der Waals surface area contributed by atoms with Gasteiger partial charge in [0.1, 0.15) is 5.75 Å². The van der Waals surface area contributed by atoms with Crippen LogP contribution in [0.1, 0.15) is 19.8 Å². The maximum absolute atomic E-state index is 12.2. The topological polar surface area (TPSA) is 72.6 Å². The Bertz CT molecular complexity index is 500. The Balaban J connectivity index is 3.01. The number of benzene rings is 1. The van der Waals surface area contributed by atoms with Gasteiger partial charge in [-0.1, -0.05) is 13.3 Å². The van der Waals surface area contributed by atoms with Crippen molar-refractivity contribution >= 4 is 15.7 Å². The van der Waals surface area contributed by atoms with Crippen molar-refractivity contribution in [1.29, 1.82) is 0 Å². The van der Waals surface area contributed by atoms with E-state index >= 15 is 0 Å². The van der Waals surface area contributed by atoms with Crippen LogP contribution in [0.2, 0.25) is 0 Å². The summed E-state index contributed by atoms with van der Waals surface area (Å²) in [5.41, 5.74) is 6.04. The highest BCUT2D eigenvalue weighted by Gasteiger charge is 2.21. The van der Waals surface area contributed by atoms with Crippen molar-refractivity contribution in [2.75, 3.05) is 26.4 Å². The third-order valence-electron chi connectivity index (χ3n) is 2.74. The fourth-order valence-corrected chi connectivity index (χ4v) is 2.80. The molecule has 1 aromatic carbocycles. The largest absolute Gasteiger partial charge is 0.495 e. The molecule has 0 bridgehead atoms. The zero-order valence-electron chi connectivity index (χ0n) is 11.0. The van der Waals surface area contributed by atoms with Crippen molar-refractivity contribution in [3.05, 3.63) is 18.2 Å². The molecule has 0 aliphatic heterocycles. The van der Waals surface area contributed by atoms with Crippen LogP contribution in [0.15, 0.2) is 23.1 Å². The number of hydrogen-bond donors (Lipinski definition) is 1. The molecule has 1 rings (SSSR count). The predicted molar refractivity (Wildman–Crippen MR) is 72.1 cm³/mol. The summed E-state index contributed by atoms with van der Waals surface area (Å²) in [7, 11) is -0.393. The van der Waals surface area contributed by atoms with E-state index in [-0.39, 0.29) is 4.90 Å². The molecule has 102 valence electrons. The van der Waals surface area contributed by atoms with Gasteiger partial charge in [-0.3, -0.25) is 0 Å². The summed E-state index contributed by atoms with van der Waals surface area (Å²) in [5.74, 6) is 0.477. The zero-order valence-corrected chi connectivity index (χ0v) is 11.8. The SMILES string of the molecule is CCCCN(C)S(=O)(=O)c1ccc(OC)c(N)c1. The Morgan fingerprint density at radius 1 is 1.39 bits per heavy atom. The molecule has 0 atom stereocenters. The number of methoxy groups -OCH3 is 1. The molecule has 0 fully saturated rings. The molecule has 5 nitrogen and oxygen atoms in total. The second kappa shape index (κ2) is 6.06. The van der Waals surface area contributed by atoms with Gasteiger partial charge >= 0.3 is 0 Å². The second-order valence-corrected chi connectivity index (χ2v) is 6.13. The number of hydrogen-bond acceptors (Lipinski definition) is 4. The van der Waals surface area contributed by atoms with Crippen LogP contribution in [0.4, 0.5) is 5.69 Å². The summed E-state index contributed by atoms with van der Waals surface area (Å²) in [6, 6.07) is 4.50. The minimum Gasteiger partial charge on any atom is -0.495 e. The molecule has 0 aromatic heterocycles. The standard InChI is InChI=1S/C12H20N2O3S/c1-4-5-8-14(2)18(15,16)10-6-7-12(17-3)11(13)9-10/h6-7,9H,4-5,8,13H2,1-3H3. The van der Waals surface area contributed by atoms with Gasteiger partial charge in [0, 0.05) is 13.6 Å². The molecule has 1 aromatic rings. The first-order chi connectivity index (χ1) is 8.43. The molecule has 0 unspecified atom stereocenters. The first-order valence-electron chi connectivity index (χ1n) is 5.83. The highest BCUT2D eigenvalue weighted by Crippen LogP contribution is 2.25.